The normalized spacial score (nSPS) is 12.1. The van der Waals surface area contributed by atoms with Crippen LogP contribution in [0.3, 0.4) is 0 Å². The maximum atomic E-state index is 12.3. The summed E-state index contributed by atoms with van der Waals surface area (Å²) in [4.78, 5) is 0. The van der Waals surface area contributed by atoms with Crippen LogP contribution in [0.25, 0.3) is 0 Å². The number of rotatable bonds is 0. The van der Waals surface area contributed by atoms with Crippen LogP contribution in [0.1, 0.15) is 5.69 Å². The molecule has 0 unspecified atom stereocenters. The standard InChI is InChI=1S/C5H4F4N2/c1-11-2-3(6)4(10-11)5(7,8)9/h2H,1H3. The molecule has 0 aliphatic carbocycles. The molecule has 0 fully saturated rings. The Kier molecular flexibility index (Phi) is 1.62. The van der Waals surface area contributed by atoms with Crippen molar-refractivity contribution in [2.45, 2.75) is 6.18 Å². The Hall–Kier alpha value is -1.07. The fraction of sp³-hybridized carbons (Fsp3) is 0.400. The van der Waals surface area contributed by atoms with E-state index < -0.39 is 17.7 Å². The monoisotopic (exact) mass is 168 g/mol. The average molecular weight is 168 g/mol. The summed E-state index contributed by atoms with van der Waals surface area (Å²) in [5, 5.41) is 2.90. The maximum absolute atomic E-state index is 12.3. The van der Waals surface area contributed by atoms with Gasteiger partial charge in [-0.05, 0) is 0 Å². The van der Waals surface area contributed by atoms with Crippen LogP contribution in [0.5, 0.6) is 0 Å². The highest BCUT2D eigenvalue weighted by Gasteiger charge is 2.37. The first kappa shape index (κ1) is 8.03. The van der Waals surface area contributed by atoms with Crippen LogP contribution in [0.2, 0.25) is 0 Å². The number of halogens is 4. The highest BCUT2D eigenvalue weighted by molar-refractivity contribution is 5.06. The fourth-order valence-electron chi connectivity index (χ4n) is 0.652. The fourth-order valence-corrected chi connectivity index (χ4v) is 0.652. The Balaban J connectivity index is 3.13. The molecule has 1 aromatic heterocycles. The van der Waals surface area contributed by atoms with Crippen molar-refractivity contribution in [3.05, 3.63) is 17.7 Å². The van der Waals surface area contributed by atoms with Gasteiger partial charge < -0.3 is 0 Å². The van der Waals surface area contributed by atoms with Crippen LogP contribution in [0, 0.1) is 5.82 Å². The molecule has 0 radical (unpaired) electrons. The third-order valence-corrected chi connectivity index (χ3v) is 1.05. The Labute approximate surface area is 59.4 Å². The second-order valence-corrected chi connectivity index (χ2v) is 2.00. The molecule has 0 aromatic carbocycles. The molecule has 0 N–H and O–H groups in total. The van der Waals surface area contributed by atoms with Gasteiger partial charge in [-0.2, -0.15) is 18.3 Å². The number of nitrogens with zero attached hydrogens (tertiary/aromatic N) is 2. The molecule has 0 atom stereocenters. The molecule has 0 spiro atoms. The summed E-state index contributed by atoms with van der Waals surface area (Å²) in [6, 6.07) is 0. The predicted molar refractivity (Wildman–Crippen MR) is 28.2 cm³/mol. The van der Waals surface area contributed by atoms with E-state index in [1.54, 1.807) is 0 Å². The summed E-state index contributed by atoms with van der Waals surface area (Å²) < 4.78 is 48.3. The van der Waals surface area contributed by atoms with Gasteiger partial charge in [-0.3, -0.25) is 4.68 Å². The minimum Gasteiger partial charge on any atom is -0.272 e. The van der Waals surface area contributed by atoms with Crippen molar-refractivity contribution in [1.29, 1.82) is 0 Å². The van der Waals surface area contributed by atoms with Crippen molar-refractivity contribution in [2.24, 2.45) is 7.05 Å². The van der Waals surface area contributed by atoms with Crippen LogP contribution in [-0.4, -0.2) is 9.78 Å². The molecule has 6 heteroatoms. The Morgan fingerprint density at radius 1 is 1.45 bits per heavy atom. The van der Waals surface area contributed by atoms with Crippen LogP contribution in [-0.2, 0) is 13.2 Å². The van der Waals surface area contributed by atoms with Crippen LogP contribution >= 0.6 is 0 Å². The maximum Gasteiger partial charge on any atom is 0.438 e. The van der Waals surface area contributed by atoms with Gasteiger partial charge in [-0.25, -0.2) is 4.39 Å². The summed E-state index contributed by atoms with van der Waals surface area (Å²) in [6.07, 6.45) is -4.03. The third-order valence-electron chi connectivity index (χ3n) is 1.05. The zero-order valence-corrected chi connectivity index (χ0v) is 5.48. The molecule has 0 aliphatic heterocycles. The SMILES string of the molecule is Cn1cc(F)c(C(F)(F)F)n1. The Morgan fingerprint density at radius 2 is 2.00 bits per heavy atom. The minimum atomic E-state index is -4.70. The lowest BCUT2D eigenvalue weighted by Crippen LogP contribution is -2.08. The summed E-state index contributed by atoms with van der Waals surface area (Å²) in [6.45, 7) is 0. The molecule has 0 aliphatic rings. The van der Waals surface area contributed by atoms with E-state index in [-0.39, 0.29) is 0 Å². The molecule has 2 nitrogen and oxygen atoms in total. The second-order valence-electron chi connectivity index (χ2n) is 2.00. The third kappa shape index (κ3) is 1.50. The topological polar surface area (TPSA) is 17.8 Å². The van der Waals surface area contributed by atoms with Gasteiger partial charge in [-0.1, -0.05) is 0 Å². The lowest BCUT2D eigenvalue weighted by Gasteiger charge is -1.99. The highest BCUT2D eigenvalue weighted by atomic mass is 19.4. The summed E-state index contributed by atoms with van der Waals surface area (Å²) in [7, 11) is 1.22. The molecule has 1 aromatic rings. The van der Waals surface area contributed by atoms with Crippen LogP contribution in [0.4, 0.5) is 17.6 Å². The number of alkyl halides is 3. The average Bonchev–Trinajstić information content (AvgIpc) is 2.08. The zero-order valence-electron chi connectivity index (χ0n) is 5.48. The molecule has 0 amide bonds. The largest absolute Gasteiger partial charge is 0.438 e. The summed E-state index contributed by atoms with van der Waals surface area (Å²) in [5.74, 6) is -1.35. The zero-order chi connectivity index (χ0) is 8.65. The van der Waals surface area contributed by atoms with E-state index in [1.807, 2.05) is 0 Å². The van der Waals surface area contributed by atoms with Crippen molar-refractivity contribution in [3.63, 3.8) is 0 Å². The summed E-state index contributed by atoms with van der Waals surface area (Å²) >= 11 is 0. The van der Waals surface area contributed by atoms with Crippen molar-refractivity contribution in [3.8, 4) is 0 Å². The number of aryl methyl sites for hydroxylation is 1. The van der Waals surface area contributed by atoms with Crippen LogP contribution in [0.15, 0.2) is 6.20 Å². The first-order chi connectivity index (χ1) is 4.91. The molecule has 1 rings (SSSR count). The lowest BCUT2D eigenvalue weighted by atomic mass is 10.4. The lowest BCUT2D eigenvalue weighted by molar-refractivity contribution is -0.143. The molecule has 62 valence electrons. The van der Waals surface area contributed by atoms with E-state index in [1.165, 1.54) is 7.05 Å². The number of aromatic nitrogens is 2. The molecular formula is C5H4F4N2. The smallest absolute Gasteiger partial charge is 0.272 e. The summed E-state index contributed by atoms with van der Waals surface area (Å²) in [5.41, 5.74) is -1.47. The van der Waals surface area contributed by atoms with Gasteiger partial charge in [0.15, 0.2) is 5.82 Å². The second kappa shape index (κ2) is 2.21. The van der Waals surface area contributed by atoms with Gasteiger partial charge in [0, 0.05) is 7.05 Å². The first-order valence-corrected chi connectivity index (χ1v) is 2.67. The number of hydrogen-bond donors (Lipinski definition) is 0. The molecule has 0 saturated carbocycles. The van der Waals surface area contributed by atoms with Crippen molar-refractivity contribution in [1.82, 2.24) is 9.78 Å². The molecular weight excluding hydrogens is 164 g/mol. The minimum absolute atomic E-state index is 0.669. The van der Waals surface area contributed by atoms with Crippen molar-refractivity contribution < 1.29 is 17.6 Å². The van der Waals surface area contributed by atoms with Gasteiger partial charge >= 0.3 is 6.18 Å². The van der Waals surface area contributed by atoms with E-state index in [0.29, 0.717) is 6.20 Å². The molecule has 0 saturated heterocycles. The van der Waals surface area contributed by atoms with E-state index in [0.717, 1.165) is 4.68 Å². The highest BCUT2D eigenvalue weighted by Crippen LogP contribution is 2.29. The molecule has 11 heavy (non-hydrogen) atoms. The Bertz CT molecular complexity index is 262. The number of hydrogen-bond acceptors (Lipinski definition) is 1. The molecule has 1 heterocycles. The Morgan fingerprint density at radius 3 is 2.18 bits per heavy atom. The van der Waals surface area contributed by atoms with Crippen LogP contribution < -0.4 is 0 Å². The van der Waals surface area contributed by atoms with E-state index in [2.05, 4.69) is 5.10 Å². The van der Waals surface area contributed by atoms with E-state index in [4.69, 9.17) is 0 Å². The van der Waals surface area contributed by atoms with Gasteiger partial charge in [-0.15, -0.1) is 0 Å². The van der Waals surface area contributed by atoms with Crippen molar-refractivity contribution >= 4 is 0 Å². The van der Waals surface area contributed by atoms with Gasteiger partial charge in [0.2, 0.25) is 5.69 Å². The van der Waals surface area contributed by atoms with E-state index >= 15 is 0 Å². The van der Waals surface area contributed by atoms with Gasteiger partial charge in [0.25, 0.3) is 0 Å². The predicted octanol–water partition coefficient (Wildman–Crippen LogP) is 1.58. The van der Waals surface area contributed by atoms with Crippen molar-refractivity contribution in [2.75, 3.05) is 0 Å². The van der Waals surface area contributed by atoms with E-state index in [9.17, 15) is 17.6 Å². The quantitative estimate of drug-likeness (QED) is 0.537. The van der Waals surface area contributed by atoms with Gasteiger partial charge in [0.1, 0.15) is 0 Å². The molecule has 0 bridgehead atoms. The first-order valence-electron chi connectivity index (χ1n) is 2.67. The van der Waals surface area contributed by atoms with Gasteiger partial charge in [0.05, 0.1) is 6.20 Å².